The quantitative estimate of drug-likeness (QED) is 0.653. The summed E-state index contributed by atoms with van der Waals surface area (Å²) in [7, 11) is -8.89. The van der Waals surface area contributed by atoms with Crippen LogP contribution in [0.5, 0.6) is 0 Å². The maximum Gasteiger partial charge on any atom is 0.298 e. The first-order valence-electron chi connectivity index (χ1n) is 4.17. The Morgan fingerprint density at radius 2 is 0.950 bits per heavy atom. The SMILES string of the molecule is O=S(=O)(c1ccc(S(=O)(=O)C(Cl)(Cl)Cl)nn1)C(Cl)(Cl)Cl. The van der Waals surface area contributed by atoms with E-state index in [4.69, 9.17) is 69.6 Å². The van der Waals surface area contributed by atoms with E-state index < -0.39 is 36.0 Å². The predicted molar refractivity (Wildman–Crippen MR) is 77.0 cm³/mol. The predicted octanol–water partition coefficient (Wildman–Crippen LogP) is 2.68. The third kappa shape index (κ3) is 3.55. The standard InChI is InChI=1S/C6H2Cl6N2O4S2/c7-5(8,9)19(15,16)3-1-2-4(14-13-3)20(17,18)6(10,11)12/h1-2H. The lowest BCUT2D eigenvalue weighted by atomic mass is 10.6. The van der Waals surface area contributed by atoms with Gasteiger partial charge in [-0.05, 0) is 12.1 Å². The molecule has 1 rings (SSSR count). The van der Waals surface area contributed by atoms with Crippen molar-refractivity contribution >= 4 is 89.3 Å². The molecule has 20 heavy (non-hydrogen) atoms. The number of halogens is 6. The fourth-order valence-corrected chi connectivity index (χ4v) is 3.52. The van der Waals surface area contributed by atoms with Crippen LogP contribution in [0.15, 0.2) is 22.2 Å². The number of sulfone groups is 2. The molecule has 14 heteroatoms. The topological polar surface area (TPSA) is 94.1 Å². The number of hydrogen-bond donors (Lipinski definition) is 0. The van der Waals surface area contributed by atoms with Crippen molar-refractivity contribution < 1.29 is 16.8 Å². The lowest BCUT2D eigenvalue weighted by molar-refractivity contribution is 0.580. The second kappa shape index (κ2) is 5.73. The zero-order valence-electron chi connectivity index (χ0n) is 8.77. The molecule has 114 valence electrons. The van der Waals surface area contributed by atoms with Crippen molar-refractivity contribution in [3.63, 3.8) is 0 Å². The van der Waals surface area contributed by atoms with Crippen molar-refractivity contribution in [1.82, 2.24) is 10.2 Å². The average Bonchev–Trinajstić information content (AvgIpc) is 2.26. The molecule has 1 aromatic heterocycles. The highest BCUT2D eigenvalue weighted by Gasteiger charge is 2.43. The second-order valence-corrected chi connectivity index (χ2v) is 13.1. The monoisotopic (exact) mass is 440 g/mol. The molecule has 0 aliphatic heterocycles. The third-order valence-electron chi connectivity index (χ3n) is 1.78. The van der Waals surface area contributed by atoms with Gasteiger partial charge in [-0.25, -0.2) is 16.8 Å². The fourth-order valence-electron chi connectivity index (χ4n) is 0.832. The highest BCUT2D eigenvalue weighted by Crippen LogP contribution is 2.38. The molecule has 0 aliphatic carbocycles. The molecule has 1 heterocycles. The Hall–Kier alpha value is 0.720. The molecule has 0 saturated carbocycles. The van der Waals surface area contributed by atoms with Crippen LogP contribution in [0.1, 0.15) is 0 Å². The van der Waals surface area contributed by atoms with E-state index in [1.54, 1.807) is 0 Å². The molecule has 0 N–H and O–H groups in total. The zero-order valence-corrected chi connectivity index (χ0v) is 14.9. The lowest BCUT2D eigenvalue weighted by Gasteiger charge is -2.13. The molecular weight excluding hydrogens is 441 g/mol. The van der Waals surface area contributed by atoms with Gasteiger partial charge >= 0.3 is 0 Å². The molecule has 0 amide bonds. The van der Waals surface area contributed by atoms with E-state index in [-0.39, 0.29) is 0 Å². The minimum absolute atomic E-state index is 0.749. The van der Waals surface area contributed by atoms with Crippen LogP contribution in [0.3, 0.4) is 0 Å². The van der Waals surface area contributed by atoms with Crippen LogP contribution < -0.4 is 0 Å². The van der Waals surface area contributed by atoms with E-state index in [0.717, 1.165) is 12.1 Å². The summed E-state index contributed by atoms with van der Waals surface area (Å²) in [6.45, 7) is 0. The number of hydrogen-bond acceptors (Lipinski definition) is 6. The maximum atomic E-state index is 11.7. The van der Waals surface area contributed by atoms with E-state index in [0.29, 0.717) is 0 Å². The molecule has 0 radical (unpaired) electrons. The molecule has 1 aromatic rings. The van der Waals surface area contributed by atoms with Crippen LogP contribution in [0, 0.1) is 0 Å². The molecule has 0 atom stereocenters. The van der Waals surface area contributed by atoms with Gasteiger partial charge in [0, 0.05) is 0 Å². The van der Waals surface area contributed by atoms with Crippen molar-refractivity contribution in [2.75, 3.05) is 0 Å². The molecule has 0 unspecified atom stereocenters. The number of aromatic nitrogens is 2. The average molecular weight is 443 g/mol. The van der Waals surface area contributed by atoms with Gasteiger partial charge in [-0.1, -0.05) is 69.6 Å². The number of rotatable bonds is 2. The number of nitrogens with zero attached hydrogens (tertiary/aromatic N) is 2. The Morgan fingerprint density at radius 3 is 1.10 bits per heavy atom. The van der Waals surface area contributed by atoms with E-state index >= 15 is 0 Å². The van der Waals surface area contributed by atoms with Gasteiger partial charge in [0.2, 0.25) is 19.7 Å². The largest absolute Gasteiger partial charge is 0.298 e. The van der Waals surface area contributed by atoms with Gasteiger partial charge in [0.15, 0.2) is 10.1 Å². The van der Waals surface area contributed by atoms with Crippen LogP contribution in [0.2, 0.25) is 0 Å². The van der Waals surface area contributed by atoms with Crippen molar-refractivity contribution in [3.8, 4) is 0 Å². The Bertz CT molecular complexity index is 640. The molecule has 6 nitrogen and oxygen atoms in total. The summed E-state index contributed by atoms with van der Waals surface area (Å²) in [5, 5.41) is 4.80. The van der Waals surface area contributed by atoms with Gasteiger partial charge in [0.25, 0.3) is 6.25 Å². The van der Waals surface area contributed by atoms with Crippen LogP contribution in [-0.2, 0) is 19.7 Å². The van der Waals surface area contributed by atoms with Crippen molar-refractivity contribution in [3.05, 3.63) is 12.1 Å². The van der Waals surface area contributed by atoms with Gasteiger partial charge in [-0.2, -0.15) is 0 Å². The van der Waals surface area contributed by atoms with Gasteiger partial charge in [0.05, 0.1) is 0 Å². The first kappa shape index (κ1) is 18.8. The van der Waals surface area contributed by atoms with E-state index in [2.05, 4.69) is 10.2 Å². The van der Waals surface area contributed by atoms with Crippen molar-refractivity contribution in [1.29, 1.82) is 0 Å². The van der Waals surface area contributed by atoms with Crippen LogP contribution >= 0.6 is 69.6 Å². The Balaban J connectivity index is 3.35. The highest BCUT2D eigenvalue weighted by molar-refractivity contribution is 7.97. The summed E-state index contributed by atoms with van der Waals surface area (Å²) in [4.78, 5) is 0. The van der Waals surface area contributed by atoms with Crippen LogP contribution in [-0.4, -0.2) is 33.3 Å². The molecule has 0 bridgehead atoms. The third-order valence-corrected chi connectivity index (χ3v) is 8.19. The zero-order chi connectivity index (χ0) is 16.0. The molecule has 0 aliphatic rings. The highest BCUT2D eigenvalue weighted by atomic mass is 35.6. The smallest absolute Gasteiger partial charge is 0.218 e. The summed E-state index contributed by atoms with van der Waals surface area (Å²) < 4.78 is 41.4. The summed E-state index contributed by atoms with van der Waals surface area (Å²) in [5.74, 6) is 0. The Kier molecular flexibility index (Phi) is 5.38. The van der Waals surface area contributed by atoms with Crippen LogP contribution in [0.4, 0.5) is 0 Å². The second-order valence-electron chi connectivity index (χ2n) is 3.11. The Labute approximate surface area is 144 Å². The summed E-state index contributed by atoms with van der Waals surface area (Å²) >= 11 is 31.5. The minimum atomic E-state index is -4.45. The lowest BCUT2D eigenvalue weighted by Crippen LogP contribution is -2.24. The summed E-state index contributed by atoms with van der Waals surface area (Å²) in [5.41, 5.74) is 0. The molecule has 0 saturated heterocycles. The Morgan fingerprint density at radius 1 is 0.700 bits per heavy atom. The molecule has 0 spiro atoms. The van der Waals surface area contributed by atoms with Gasteiger partial charge in [0.1, 0.15) is 0 Å². The number of alkyl halides is 6. The molecule has 0 fully saturated rings. The minimum Gasteiger partial charge on any atom is -0.218 e. The van der Waals surface area contributed by atoms with Crippen molar-refractivity contribution in [2.24, 2.45) is 0 Å². The summed E-state index contributed by atoms with van der Waals surface area (Å²) in [6.07, 6.45) is 0. The van der Waals surface area contributed by atoms with E-state index in [1.807, 2.05) is 0 Å². The van der Waals surface area contributed by atoms with Crippen molar-refractivity contribution in [2.45, 2.75) is 16.3 Å². The van der Waals surface area contributed by atoms with Gasteiger partial charge in [-0.15, -0.1) is 10.2 Å². The maximum absolute atomic E-state index is 11.7. The summed E-state index contributed by atoms with van der Waals surface area (Å²) in [6, 6.07) is 1.51. The normalized spacial score (nSPS) is 14.3. The van der Waals surface area contributed by atoms with Gasteiger partial charge in [-0.3, -0.25) is 0 Å². The van der Waals surface area contributed by atoms with Gasteiger partial charge < -0.3 is 0 Å². The molecule has 0 aromatic carbocycles. The fraction of sp³-hybridized carbons (Fsp3) is 0.333. The van der Waals surface area contributed by atoms with E-state index in [1.165, 1.54) is 0 Å². The van der Waals surface area contributed by atoms with E-state index in [9.17, 15) is 16.8 Å². The first-order valence-corrected chi connectivity index (χ1v) is 9.41. The first-order chi connectivity index (χ1) is 8.71. The molecular formula is C6H2Cl6N2O4S2. The van der Waals surface area contributed by atoms with Crippen LogP contribution in [0.25, 0.3) is 0 Å².